The van der Waals surface area contributed by atoms with Crippen molar-refractivity contribution in [1.29, 1.82) is 0 Å². The minimum absolute atomic E-state index is 0. The van der Waals surface area contributed by atoms with Crippen LogP contribution in [0.4, 0.5) is 0 Å². The van der Waals surface area contributed by atoms with E-state index in [1.165, 1.54) is 0 Å². The van der Waals surface area contributed by atoms with Crippen molar-refractivity contribution >= 4 is 18.3 Å². The number of H-pyrrole nitrogens is 1. The van der Waals surface area contributed by atoms with Crippen LogP contribution in [0.5, 0.6) is 0 Å². The third-order valence-corrected chi connectivity index (χ3v) is 4.16. The van der Waals surface area contributed by atoms with Gasteiger partial charge >= 0.3 is 0 Å². The summed E-state index contributed by atoms with van der Waals surface area (Å²) in [4.78, 5) is 12.4. The number of rotatable bonds is 5. The molecule has 0 spiro atoms. The summed E-state index contributed by atoms with van der Waals surface area (Å²) in [7, 11) is 0. The molecule has 24 heavy (non-hydrogen) atoms. The Kier molecular flexibility index (Phi) is 6.36. The summed E-state index contributed by atoms with van der Waals surface area (Å²) in [6.45, 7) is 3.45. The average molecular weight is 351 g/mol. The Morgan fingerprint density at radius 1 is 1.38 bits per heavy atom. The van der Waals surface area contributed by atoms with Gasteiger partial charge in [0.2, 0.25) is 0 Å². The third-order valence-electron chi connectivity index (χ3n) is 4.16. The first-order valence-electron chi connectivity index (χ1n) is 7.96. The molecule has 0 fully saturated rings. The fourth-order valence-corrected chi connectivity index (χ4v) is 2.91. The van der Waals surface area contributed by atoms with Gasteiger partial charge in [0.05, 0.1) is 6.10 Å². The van der Waals surface area contributed by atoms with Crippen molar-refractivity contribution < 1.29 is 9.90 Å². The van der Waals surface area contributed by atoms with E-state index in [0.29, 0.717) is 18.7 Å². The quantitative estimate of drug-likeness (QED) is 0.661. The minimum Gasteiger partial charge on any atom is -0.388 e. The zero-order valence-corrected chi connectivity index (χ0v) is 14.4. The van der Waals surface area contributed by atoms with Gasteiger partial charge in [0.25, 0.3) is 5.91 Å². The fraction of sp³-hybridized carbons (Fsp3) is 0.412. The van der Waals surface area contributed by atoms with E-state index < -0.39 is 6.10 Å². The Bertz CT molecular complexity index is 674. The monoisotopic (exact) mass is 350 g/mol. The predicted octanol–water partition coefficient (Wildman–Crippen LogP) is 1.72. The van der Waals surface area contributed by atoms with Gasteiger partial charge in [-0.2, -0.15) is 5.10 Å². The lowest BCUT2D eigenvalue weighted by Gasteiger charge is -2.18. The van der Waals surface area contributed by atoms with Gasteiger partial charge < -0.3 is 15.7 Å². The molecular weight excluding hydrogens is 328 g/mol. The molecule has 7 heteroatoms. The SMILES string of the molecule is CC(CC(O)c1ccccc1)NC(=O)c1n[nH]c2c1CNCC2.Cl. The molecule has 130 valence electrons. The second-order valence-electron chi connectivity index (χ2n) is 5.99. The number of hydrogen-bond donors (Lipinski definition) is 4. The van der Waals surface area contributed by atoms with Crippen molar-refractivity contribution in [1.82, 2.24) is 20.8 Å². The maximum atomic E-state index is 12.4. The second kappa shape index (κ2) is 8.28. The number of carbonyl (C=O) groups is 1. The normalized spacial score (nSPS) is 15.8. The number of fused-ring (bicyclic) bond motifs is 1. The first-order chi connectivity index (χ1) is 11.1. The Morgan fingerprint density at radius 3 is 2.88 bits per heavy atom. The molecule has 1 aliphatic heterocycles. The maximum Gasteiger partial charge on any atom is 0.272 e. The van der Waals surface area contributed by atoms with Crippen molar-refractivity contribution in [3.63, 3.8) is 0 Å². The first-order valence-corrected chi connectivity index (χ1v) is 7.96. The number of nitrogens with one attached hydrogen (secondary N) is 3. The summed E-state index contributed by atoms with van der Waals surface area (Å²) in [5.74, 6) is -0.195. The van der Waals surface area contributed by atoms with E-state index in [4.69, 9.17) is 0 Å². The number of carbonyl (C=O) groups excluding carboxylic acids is 1. The maximum absolute atomic E-state index is 12.4. The molecule has 1 aliphatic rings. The molecule has 2 unspecified atom stereocenters. The molecule has 0 saturated carbocycles. The number of aliphatic hydroxyl groups excluding tert-OH is 1. The van der Waals surface area contributed by atoms with E-state index in [9.17, 15) is 9.90 Å². The van der Waals surface area contributed by atoms with Crippen LogP contribution in [-0.2, 0) is 13.0 Å². The molecule has 0 bridgehead atoms. The zero-order valence-electron chi connectivity index (χ0n) is 13.6. The van der Waals surface area contributed by atoms with Gasteiger partial charge in [-0.3, -0.25) is 9.89 Å². The van der Waals surface area contributed by atoms with Crippen LogP contribution in [0.1, 0.15) is 46.8 Å². The Hall–Kier alpha value is -1.89. The third kappa shape index (κ3) is 4.14. The topological polar surface area (TPSA) is 90.0 Å². The summed E-state index contributed by atoms with van der Waals surface area (Å²) >= 11 is 0. The van der Waals surface area contributed by atoms with Crippen LogP contribution in [0.3, 0.4) is 0 Å². The van der Waals surface area contributed by atoms with Crippen molar-refractivity contribution in [2.45, 2.75) is 38.5 Å². The number of aromatic nitrogens is 2. The standard InChI is InChI=1S/C17H22N4O2.ClH/c1-11(9-15(22)12-5-3-2-4-6-12)19-17(23)16-13-10-18-8-7-14(13)20-21-16;/h2-6,11,15,18,22H,7-10H2,1H3,(H,19,23)(H,20,21);1H. The van der Waals surface area contributed by atoms with Crippen LogP contribution in [-0.4, -0.2) is 33.8 Å². The molecule has 2 atom stereocenters. The van der Waals surface area contributed by atoms with Gasteiger partial charge in [-0.05, 0) is 18.9 Å². The van der Waals surface area contributed by atoms with Gasteiger partial charge in [-0.15, -0.1) is 12.4 Å². The first kappa shape index (κ1) is 18.4. The molecule has 1 amide bonds. The Balaban J connectivity index is 0.00000208. The van der Waals surface area contributed by atoms with E-state index in [1.807, 2.05) is 37.3 Å². The molecule has 3 rings (SSSR count). The number of benzene rings is 1. The Labute approximate surface area is 147 Å². The second-order valence-corrected chi connectivity index (χ2v) is 5.99. The van der Waals surface area contributed by atoms with E-state index in [1.54, 1.807) is 0 Å². The molecule has 6 nitrogen and oxygen atoms in total. The number of hydrogen-bond acceptors (Lipinski definition) is 4. The largest absolute Gasteiger partial charge is 0.388 e. The summed E-state index contributed by atoms with van der Waals surface area (Å²) in [6.07, 6.45) is 0.722. The molecule has 1 aromatic heterocycles. The van der Waals surface area contributed by atoms with Crippen LogP contribution >= 0.6 is 12.4 Å². The van der Waals surface area contributed by atoms with E-state index in [-0.39, 0.29) is 24.4 Å². The van der Waals surface area contributed by atoms with Crippen molar-refractivity contribution in [2.24, 2.45) is 0 Å². The van der Waals surface area contributed by atoms with Gasteiger partial charge in [0.15, 0.2) is 5.69 Å². The van der Waals surface area contributed by atoms with Gasteiger partial charge in [0.1, 0.15) is 0 Å². The lowest BCUT2D eigenvalue weighted by molar-refractivity contribution is 0.0911. The van der Waals surface area contributed by atoms with E-state index in [2.05, 4.69) is 20.8 Å². The van der Waals surface area contributed by atoms with Gasteiger partial charge in [-0.1, -0.05) is 30.3 Å². The summed E-state index contributed by atoms with van der Waals surface area (Å²) in [6, 6.07) is 9.32. The van der Waals surface area contributed by atoms with Crippen LogP contribution in [0.15, 0.2) is 30.3 Å². The van der Waals surface area contributed by atoms with Crippen molar-refractivity contribution in [2.75, 3.05) is 6.54 Å². The summed E-state index contributed by atoms with van der Waals surface area (Å²) in [5.41, 5.74) is 3.29. The molecule has 4 N–H and O–H groups in total. The smallest absolute Gasteiger partial charge is 0.272 e. The van der Waals surface area contributed by atoms with Crippen molar-refractivity contribution in [3.8, 4) is 0 Å². The molecule has 2 heterocycles. The fourth-order valence-electron chi connectivity index (χ4n) is 2.91. The van der Waals surface area contributed by atoms with Crippen LogP contribution in [0, 0.1) is 0 Å². The summed E-state index contributed by atoms with van der Waals surface area (Å²) < 4.78 is 0. The molecular formula is C17H23ClN4O2. The van der Waals surface area contributed by atoms with Gasteiger partial charge in [0, 0.05) is 36.8 Å². The number of nitrogens with zero attached hydrogens (tertiary/aromatic N) is 1. The highest BCUT2D eigenvalue weighted by Gasteiger charge is 2.23. The van der Waals surface area contributed by atoms with Gasteiger partial charge in [-0.25, -0.2) is 0 Å². The minimum atomic E-state index is -0.596. The predicted molar refractivity (Wildman–Crippen MR) is 94.2 cm³/mol. The molecule has 0 saturated heterocycles. The average Bonchev–Trinajstić information content (AvgIpc) is 2.99. The van der Waals surface area contributed by atoms with Crippen LogP contribution in [0.25, 0.3) is 0 Å². The van der Waals surface area contributed by atoms with E-state index >= 15 is 0 Å². The number of amides is 1. The lowest BCUT2D eigenvalue weighted by atomic mass is 10.0. The lowest BCUT2D eigenvalue weighted by Crippen LogP contribution is -2.35. The van der Waals surface area contributed by atoms with E-state index in [0.717, 1.165) is 29.8 Å². The number of halogens is 1. The summed E-state index contributed by atoms with van der Waals surface area (Å²) in [5, 5.41) is 23.5. The van der Waals surface area contributed by atoms with Crippen LogP contribution < -0.4 is 10.6 Å². The highest BCUT2D eigenvalue weighted by atomic mass is 35.5. The highest BCUT2D eigenvalue weighted by molar-refractivity contribution is 5.94. The Morgan fingerprint density at radius 2 is 2.12 bits per heavy atom. The highest BCUT2D eigenvalue weighted by Crippen LogP contribution is 2.19. The molecule has 1 aromatic carbocycles. The number of aromatic amines is 1. The van der Waals surface area contributed by atoms with Crippen molar-refractivity contribution in [3.05, 3.63) is 52.8 Å². The van der Waals surface area contributed by atoms with Crippen LogP contribution in [0.2, 0.25) is 0 Å². The molecule has 2 aromatic rings. The number of aliphatic hydroxyl groups is 1. The molecule has 0 aliphatic carbocycles. The molecule has 0 radical (unpaired) electrons. The zero-order chi connectivity index (χ0) is 16.2.